The van der Waals surface area contributed by atoms with E-state index in [2.05, 4.69) is 20.8 Å². The molecular formula is C12H21O2. The van der Waals surface area contributed by atoms with Crippen LogP contribution in [0.1, 0.15) is 39.5 Å². The highest BCUT2D eigenvalue weighted by Crippen LogP contribution is 2.46. The van der Waals surface area contributed by atoms with Crippen molar-refractivity contribution in [3.05, 3.63) is 6.92 Å². The van der Waals surface area contributed by atoms with Gasteiger partial charge in [-0.2, -0.15) is 0 Å². The van der Waals surface area contributed by atoms with Crippen molar-refractivity contribution >= 4 is 0 Å². The van der Waals surface area contributed by atoms with E-state index in [9.17, 15) is 0 Å². The molecule has 0 N–H and O–H groups in total. The van der Waals surface area contributed by atoms with Gasteiger partial charge in [-0.15, -0.1) is 0 Å². The van der Waals surface area contributed by atoms with Gasteiger partial charge in [0, 0.05) is 6.92 Å². The molecule has 0 heterocycles. The fourth-order valence-electron chi connectivity index (χ4n) is 1.35. The molecule has 81 valence electrons. The van der Waals surface area contributed by atoms with E-state index in [0.29, 0.717) is 10.8 Å². The molecule has 0 aromatic heterocycles. The second-order valence-corrected chi connectivity index (χ2v) is 5.67. The maximum atomic E-state index is 5.56. The molecule has 0 aliphatic heterocycles. The molecule has 2 aliphatic carbocycles. The zero-order valence-corrected chi connectivity index (χ0v) is 9.34. The van der Waals surface area contributed by atoms with Crippen molar-refractivity contribution in [2.75, 3.05) is 13.2 Å². The molecule has 0 bridgehead atoms. The van der Waals surface area contributed by atoms with Crippen LogP contribution in [0, 0.1) is 17.8 Å². The van der Waals surface area contributed by atoms with Crippen LogP contribution in [-0.2, 0) is 9.47 Å². The SMILES string of the molecule is [CH2]C(OCC1(C)CC1)OCC1(C)CC1. The first-order valence-electron chi connectivity index (χ1n) is 5.58. The summed E-state index contributed by atoms with van der Waals surface area (Å²) in [6.07, 6.45) is 4.88. The maximum absolute atomic E-state index is 5.56. The van der Waals surface area contributed by atoms with Gasteiger partial charge in [0.2, 0.25) is 0 Å². The van der Waals surface area contributed by atoms with Crippen molar-refractivity contribution in [1.29, 1.82) is 0 Å². The lowest BCUT2D eigenvalue weighted by molar-refractivity contribution is -0.132. The minimum atomic E-state index is -0.273. The van der Waals surface area contributed by atoms with Gasteiger partial charge in [-0.3, -0.25) is 0 Å². The second-order valence-electron chi connectivity index (χ2n) is 5.67. The number of hydrogen-bond donors (Lipinski definition) is 0. The summed E-state index contributed by atoms with van der Waals surface area (Å²) < 4.78 is 11.1. The third kappa shape index (κ3) is 2.96. The van der Waals surface area contributed by atoms with Crippen LogP contribution in [0.25, 0.3) is 0 Å². The van der Waals surface area contributed by atoms with Gasteiger partial charge in [0.15, 0.2) is 6.29 Å². The molecule has 2 saturated carbocycles. The summed E-state index contributed by atoms with van der Waals surface area (Å²) in [5.74, 6) is 0. The molecule has 2 rings (SSSR count). The molecule has 0 unspecified atom stereocenters. The highest BCUT2D eigenvalue weighted by atomic mass is 16.7. The number of hydrogen-bond acceptors (Lipinski definition) is 2. The van der Waals surface area contributed by atoms with E-state index in [1.54, 1.807) is 0 Å². The van der Waals surface area contributed by atoms with Crippen LogP contribution in [0.4, 0.5) is 0 Å². The van der Waals surface area contributed by atoms with Crippen molar-refractivity contribution in [3.8, 4) is 0 Å². The van der Waals surface area contributed by atoms with Crippen molar-refractivity contribution in [2.45, 2.75) is 45.8 Å². The molecule has 1 radical (unpaired) electrons. The van der Waals surface area contributed by atoms with Crippen molar-refractivity contribution in [3.63, 3.8) is 0 Å². The Morgan fingerprint density at radius 3 is 1.64 bits per heavy atom. The van der Waals surface area contributed by atoms with Crippen LogP contribution in [-0.4, -0.2) is 19.5 Å². The summed E-state index contributed by atoms with van der Waals surface area (Å²) >= 11 is 0. The molecule has 14 heavy (non-hydrogen) atoms. The summed E-state index contributed by atoms with van der Waals surface area (Å²) in [6, 6.07) is 0. The fraction of sp³-hybridized carbons (Fsp3) is 0.917. The quantitative estimate of drug-likeness (QED) is 0.610. The lowest BCUT2D eigenvalue weighted by atomic mass is 10.2. The molecule has 0 amide bonds. The van der Waals surface area contributed by atoms with Crippen LogP contribution in [0.3, 0.4) is 0 Å². The average Bonchev–Trinajstić information content (AvgIpc) is 3.02. The van der Waals surface area contributed by atoms with Crippen LogP contribution >= 0.6 is 0 Å². The van der Waals surface area contributed by atoms with Gasteiger partial charge < -0.3 is 9.47 Å². The van der Waals surface area contributed by atoms with Crippen molar-refractivity contribution < 1.29 is 9.47 Å². The molecule has 0 spiro atoms. The number of ether oxygens (including phenoxy) is 2. The Balaban J connectivity index is 1.56. The third-order valence-corrected chi connectivity index (χ3v) is 3.44. The molecule has 2 fully saturated rings. The first kappa shape index (κ1) is 10.4. The monoisotopic (exact) mass is 197 g/mol. The summed E-state index contributed by atoms with van der Waals surface area (Å²) in [6.45, 7) is 9.97. The predicted molar refractivity (Wildman–Crippen MR) is 55.7 cm³/mol. The maximum Gasteiger partial charge on any atom is 0.157 e. The van der Waals surface area contributed by atoms with E-state index in [1.165, 1.54) is 25.7 Å². The lowest BCUT2D eigenvalue weighted by Gasteiger charge is -2.18. The zero-order valence-electron chi connectivity index (χ0n) is 9.34. The summed E-state index contributed by atoms with van der Waals surface area (Å²) in [5.41, 5.74) is 0.867. The first-order chi connectivity index (χ1) is 6.52. The van der Waals surface area contributed by atoms with E-state index in [0.717, 1.165) is 13.2 Å². The van der Waals surface area contributed by atoms with E-state index in [1.807, 2.05) is 0 Å². The van der Waals surface area contributed by atoms with Crippen molar-refractivity contribution in [2.24, 2.45) is 10.8 Å². The van der Waals surface area contributed by atoms with E-state index in [4.69, 9.17) is 9.47 Å². The Morgan fingerprint density at radius 2 is 1.36 bits per heavy atom. The minimum absolute atomic E-state index is 0.273. The topological polar surface area (TPSA) is 18.5 Å². The molecular weight excluding hydrogens is 176 g/mol. The Bertz CT molecular complexity index is 182. The van der Waals surface area contributed by atoms with Gasteiger partial charge in [-0.1, -0.05) is 13.8 Å². The Hall–Kier alpha value is -0.0800. The highest BCUT2D eigenvalue weighted by Gasteiger charge is 2.39. The zero-order chi connectivity index (χ0) is 10.2. The van der Waals surface area contributed by atoms with Gasteiger partial charge >= 0.3 is 0 Å². The van der Waals surface area contributed by atoms with Crippen LogP contribution < -0.4 is 0 Å². The van der Waals surface area contributed by atoms with Gasteiger partial charge in [-0.05, 0) is 36.5 Å². The first-order valence-corrected chi connectivity index (χ1v) is 5.58. The van der Waals surface area contributed by atoms with Gasteiger partial charge in [-0.25, -0.2) is 0 Å². The highest BCUT2D eigenvalue weighted by molar-refractivity contribution is 4.89. The van der Waals surface area contributed by atoms with Crippen LogP contribution in [0.5, 0.6) is 0 Å². The van der Waals surface area contributed by atoms with Crippen LogP contribution in [0.15, 0.2) is 0 Å². The van der Waals surface area contributed by atoms with Crippen LogP contribution in [0.2, 0.25) is 0 Å². The fourth-order valence-corrected chi connectivity index (χ4v) is 1.35. The molecule has 0 atom stereocenters. The summed E-state index contributed by atoms with van der Waals surface area (Å²) in [7, 11) is 0. The summed E-state index contributed by atoms with van der Waals surface area (Å²) in [5, 5.41) is 0. The van der Waals surface area contributed by atoms with Gasteiger partial charge in [0.05, 0.1) is 13.2 Å². The molecule has 2 aliphatic rings. The summed E-state index contributed by atoms with van der Waals surface area (Å²) in [4.78, 5) is 0. The molecule has 2 heteroatoms. The largest absolute Gasteiger partial charge is 0.352 e. The molecule has 0 aromatic rings. The van der Waals surface area contributed by atoms with Gasteiger partial charge in [0.1, 0.15) is 0 Å². The predicted octanol–water partition coefficient (Wildman–Crippen LogP) is 2.78. The Kier molecular flexibility index (Phi) is 2.61. The second kappa shape index (κ2) is 3.49. The minimum Gasteiger partial charge on any atom is -0.352 e. The van der Waals surface area contributed by atoms with Gasteiger partial charge in [0.25, 0.3) is 0 Å². The third-order valence-electron chi connectivity index (χ3n) is 3.44. The standard InChI is InChI=1S/C12H21O2/c1-10(13-8-11(2)4-5-11)14-9-12(3)6-7-12/h10H,1,4-9H2,2-3H3. The van der Waals surface area contributed by atoms with E-state index in [-0.39, 0.29) is 6.29 Å². The Morgan fingerprint density at radius 1 is 1.00 bits per heavy atom. The molecule has 0 saturated heterocycles. The van der Waals surface area contributed by atoms with Crippen molar-refractivity contribution in [1.82, 2.24) is 0 Å². The van der Waals surface area contributed by atoms with E-state index < -0.39 is 0 Å². The smallest absolute Gasteiger partial charge is 0.157 e. The molecule has 0 aromatic carbocycles. The Labute approximate surface area is 87.0 Å². The number of rotatable bonds is 6. The molecule has 2 nitrogen and oxygen atoms in total. The van der Waals surface area contributed by atoms with E-state index >= 15 is 0 Å². The average molecular weight is 197 g/mol. The lowest BCUT2D eigenvalue weighted by Crippen LogP contribution is -2.21. The normalized spacial score (nSPS) is 26.6.